The van der Waals surface area contributed by atoms with E-state index in [2.05, 4.69) is 10.1 Å². The van der Waals surface area contributed by atoms with Gasteiger partial charge in [0.25, 0.3) is 5.91 Å². The number of Topliss-reactive ketones (excluding diaryl/α,β-unsaturated/α-hetero) is 1. The molecule has 0 aromatic carbocycles. The number of methoxy groups -OCH3 is 1. The second-order valence-electron chi connectivity index (χ2n) is 9.72. The molecule has 2 aliphatic rings. The molecule has 1 N–H and O–H groups in total. The summed E-state index contributed by atoms with van der Waals surface area (Å²) in [6.45, 7) is 6.80. The first-order chi connectivity index (χ1) is 17.3. The molecule has 2 amide bonds. The number of nitrogens with zero attached hydrogens (tertiary/aromatic N) is 4. The number of carbonyl (C=O) groups excluding carboxylic acids is 3. The minimum atomic E-state index is -0.597. The van der Waals surface area contributed by atoms with Gasteiger partial charge < -0.3 is 19.7 Å². The zero-order chi connectivity index (χ0) is 25.8. The third kappa shape index (κ3) is 5.69. The molecular weight excluding hydrogens is 462 g/mol. The Labute approximate surface area is 211 Å². The fraction of sp³-hybridized carbons (Fsp3) is 0.654. The number of rotatable bonds is 10. The summed E-state index contributed by atoms with van der Waals surface area (Å²) in [5.74, 6) is 0.00930. The van der Waals surface area contributed by atoms with Crippen molar-refractivity contribution in [3.8, 4) is 0 Å². The van der Waals surface area contributed by atoms with Crippen molar-refractivity contribution in [2.45, 2.75) is 96.6 Å². The number of hydrogen-bond donors (Lipinski definition) is 1. The molecule has 2 fully saturated rings. The van der Waals surface area contributed by atoms with Crippen LogP contribution in [-0.4, -0.2) is 69.4 Å². The first-order valence-corrected chi connectivity index (χ1v) is 13.0. The Morgan fingerprint density at radius 2 is 1.97 bits per heavy atom. The number of nitrogens with one attached hydrogen (secondary N) is 1. The van der Waals surface area contributed by atoms with Crippen LogP contribution >= 0.6 is 0 Å². The molecule has 0 radical (unpaired) electrons. The molecule has 1 aliphatic carbocycles. The average molecular weight is 500 g/mol. The van der Waals surface area contributed by atoms with E-state index < -0.39 is 18.3 Å². The number of hydrogen-bond acceptors (Lipinski definition) is 7. The lowest BCUT2D eigenvalue weighted by molar-refractivity contribution is -0.160. The summed E-state index contributed by atoms with van der Waals surface area (Å²) < 4.78 is 12.5. The fourth-order valence-corrected chi connectivity index (χ4v) is 4.93. The van der Waals surface area contributed by atoms with Gasteiger partial charge >= 0.3 is 6.09 Å². The molecule has 1 aliphatic heterocycles. The van der Waals surface area contributed by atoms with Crippen LogP contribution < -0.4 is 5.32 Å². The summed E-state index contributed by atoms with van der Waals surface area (Å²) in [5.41, 5.74) is 2.45. The van der Waals surface area contributed by atoms with Gasteiger partial charge in [-0.15, -0.1) is 0 Å². The number of ether oxygens (including phenoxy) is 2. The Hall–Kier alpha value is -3.01. The van der Waals surface area contributed by atoms with Crippen molar-refractivity contribution in [1.82, 2.24) is 25.0 Å². The van der Waals surface area contributed by atoms with Gasteiger partial charge in [-0.3, -0.25) is 9.59 Å². The highest BCUT2D eigenvalue weighted by Crippen LogP contribution is 2.38. The van der Waals surface area contributed by atoms with Crippen molar-refractivity contribution < 1.29 is 23.9 Å². The lowest BCUT2D eigenvalue weighted by Gasteiger charge is -2.35. The molecule has 0 bridgehead atoms. The lowest BCUT2D eigenvalue weighted by Crippen LogP contribution is -2.47. The average Bonchev–Trinajstić information content (AvgIpc) is 3.66. The molecule has 36 heavy (non-hydrogen) atoms. The van der Waals surface area contributed by atoms with Crippen LogP contribution in [-0.2, 0) is 25.6 Å². The number of alkyl carbamates (subject to hydrolysis) is 1. The lowest BCUT2D eigenvalue weighted by atomic mass is 9.98. The van der Waals surface area contributed by atoms with E-state index in [0.717, 1.165) is 41.7 Å². The summed E-state index contributed by atoms with van der Waals surface area (Å²) in [5, 5.41) is 8.50. The maximum atomic E-state index is 13.7. The molecular formula is C26H37N5O5. The van der Waals surface area contributed by atoms with Crippen LogP contribution in [0.3, 0.4) is 0 Å². The standard InChI is InChI=1S/C26H37N5O5/c1-5-20(32)21-8-6-9-22(36-21)25(33)31(18-11-12-18)17(3)23-19-13-10-16(2)28-24(19)30(29-23)15-7-14-27-26(34)35-4/h10,13,17-18,21-22H,5-9,11-12,14-15H2,1-4H3,(H,27,34)/t17-,21+,22-/m1/s1. The number of aromatic nitrogens is 3. The van der Waals surface area contributed by atoms with Crippen molar-refractivity contribution in [3.63, 3.8) is 0 Å². The quantitative estimate of drug-likeness (QED) is 0.498. The van der Waals surface area contributed by atoms with E-state index in [9.17, 15) is 14.4 Å². The third-order valence-corrected chi connectivity index (χ3v) is 7.02. The fourth-order valence-electron chi connectivity index (χ4n) is 4.93. The zero-order valence-electron chi connectivity index (χ0n) is 21.7. The van der Waals surface area contributed by atoms with E-state index in [1.54, 1.807) is 0 Å². The van der Waals surface area contributed by atoms with Crippen LogP contribution in [0.1, 0.15) is 76.2 Å². The number of amides is 2. The van der Waals surface area contributed by atoms with E-state index in [4.69, 9.17) is 14.8 Å². The van der Waals surface area contributed by atoms with Crippen LogP contribution in [0, 0.1) is 6.92 Å². The predicted molar refractivity (Wildman–Crippen MR) is 133 cm³/mol. The zero-order valence-corrected chi connectivity index (χ0v) is 21.7. The Kier molecular flexibility index (Phi) is 8.23. The molecule has 0 spiro atoms. The smallest absolute Gasteiger partial charge is 0.406 e. The largest absolute Gasteiger partial charge is 0.453 e. The van der Waals surface area contributed by atoms with Gasteiger partial charge in [0.1, 0.15) is 12.2 Å². The van der Waals surface area contributed by atoms with Crippen molar-refractivity contribution in [1.29, 1.82) is 0 Å². The summed E-state index contributed by atoms with van der Waals surface area (Å²) >= 11 is 0. The molecule has 0 unspecified atom stereocenters. The molecule has 10 nitrogen and oxygen atoms in total. The third-order valence-electron chi connectivity index (χ3n) is 7.02. The van der Waals surface area contributed by atoms with Gasteiger partial charge in [-0.05, 0) is 64.5 Å². The van der Waals surface area contributed by atoms with Gasteiger partial charge in [-0.1, -0.05) is 6.92 Å². The number of carbonyl (C=O) groups is 3. The molecule has 1 saturated carbocycles. The second kappa shape index (κ2) is 11.4. The number of fused-ring (bicyclic) bond motifs is 1. The van der Waals surface area contributed by atoms with Gasteiger partial charge in [0.05, 0.1) is 18.8 Å². The second-order valence-corrected chi connectivity index (χ2v) is 9.72. The molecule has 1 saturated heterocycles. The highest BCUT2D eigenvalue weighted by atomic mass is 16.5. The first kappa shape index (κ1) is 26.1. The molecule has 3 heterocycles. The number of aryl methyl sites for hydroxylation is 2. The van der Waals surface area contributed by atoms with Crippen molar-refractivity contribution in [2.75, 3.05) is 13.7 Å². The maximum Gasteiger partial charge on any atom is 0.406 e. The molecule has 196 valence electrons. The summed E-state index contributed by atoms with van der Waals surface area (Å²) in [4.78, 5) is 44.0. The highest BCUT2D eigenvalue weighted by molar-refractivity contribution is 5.86. The number of pyridine rings is 1. The summed E-state index contributed by atoms with van der Waals surface area (Å²) in [6.07, 6.45) is 3.55. The number of ketones is 1. The Morgan fingerprint density at radius 1 is 1.22 bits per heavy atom. The van der Waals surface area contributed by atoms with E-state index >= 15 is 0 Å². The van der Waals surface area contributed by atoms with Crippen LogP contribution in [0.4, 0.5) is 4.79 Å². The minimum Gasteiger partial charge on any atom is -0.453 e. The monoisotopic (exact) mass is 499 g/mol. The van der Waals surface area contributed by atoms with Gasteiger partial charge in [0, 0.05) is 36.6 Å². The topological polar surface area (TPSA) is 116 Å². The minimum absolute atomic E-state index is 0.0522. The SMILES string of the molecule is CCC(=O)[C@@H]1CCC[C@H](C(=O)N(C2CC2)[C@H](C)c2nn(CCCNC(=O)OC)c3nc(C)ccc23)O1. The van der Waals surface area contributed by atoms with Crippen molar-refractivity contribution in [2.24, 2.45) is 0 Å². The van der Waals surface area contributed by atoms with Gasteiger partial charge in [-0.25, -0.2) is 14.5 Å². The Bertz CT molecular complexity index is 1110. The molecule has 4 rings (SSSR count). The first-order valence-electron chi connectivity index (χ1n) is 13.0. The van der Waals surface area contributed by atoms with Gasteiger partial charge in [0.2, 0.25) is 0 Å². The van der Waals surface area contributed by atoms with E-state index in [1.807, 2.05) is 42.5 Å². The molecule has 10 heteroatoms. The van der Waals surface area contributed by atoms with E-state index in [1.165, 1.54) is 7.11 Å². The van der Waals surface area contributed by atoms with Crippen LogP contribution in [0.5, 0.6) is 0 Å². The van der Waals surface area contributed by atoms with E-state index in [-0.39, 0.29) is 23.8 Å². The maximum absolute atomic E-state index is 13.7. The van der Waals surface area contributed by atoms with Gasteiger partial charge in [-0.2, -0.15) is 5.10 Å². The van der Waals surface area contributed by atoms with Crippen LogP contribution in [0.2, 0.25) is 0 Å². The molecule has 3 atom stereocenters. The summed E-state index contributed by atoms with van der Waals surface area (Å²) in [6, 6.07) is 3.86. The van der Waals surface area contributed by atoms with Crippen LogP contribution in [0.25, 0.3) is 11.0 Å². The predicted octanol–water partition coefficient (Wildman–Crippen LogP) is 3.45. The molecule has 2 aromatic rings. The Balaban J connectivity index is 1.56. The normalized spacial score (nSPS) is 20.7. The molecule has 2 aromatic heterocycles. The van der Waals surface area contributed by atoms with Crippen LogP contribution in [0.15, 0.2) is 12.1 Å². The van der Waals surface area contributed by atoms with E-state index in [0.29, 0.717) is 38.8 Å². The van der Waals surface area contributed by atoms with Crippen molar-refractivity contribution >= 4 is 28.8 Å². The van der Waals surface area contributed by atoms with Gasteiger partial charge in [0.15, 0.2) is 11.4 Å². The highest BCUT2D eigenvalue weighted by Gasteiger charge is 2.42. The summed E-state index contributed by atoms with van der Waals surface area (Å²) in [7, 11) is 1.34. The Morgan fingerprint density at radius 3 is 2.67 bits per heavy atom. The van der Waals surface area contributed by atoms with Crippen molar-refractivity contribution in [3.05, 3.63) is 23.5 Å².